The Morgan fingerprint density at radius 2 is 2.43 bits per heavy atom. The number of hydrogen-bond acceptors (Lipinski definition) is 4. The van der Waals surface area contributed by atoms with Crippen molar-refractivity contribution >= 4 is 17.2 Å². The monoisotopic (exact) mass is 304 g/mol. The summed E-state index contributed by atoms with van der Waals surface area (Å²) < 4.78 is 0. The number of likely N-dealkylation sites (tertiary alicyclic amines) is 1. The van der Waals surface area contributed by atoms with Gasteiger partial charge < -0.3 is 10.4 Å². The van der Waals surface area contributed by atoms with Gasteiger partial charge in [-0.2, -0.15) is 0 Å². The van der Waals surface area contributed by atoms with Crippen molar-refractivity contribution < 1.29 is 9.90 Å². The van der Waals surface area contributed by atoms with Gasteiger partial charge in [0.1, 0.15) is 0 Å². The second kappa shape index (κ2) is 6.61. The second-order valence-corrected chi connectivity index (χ2v) is 6.57. The van der Waals surface area contributed by atoms with Crippen LogP contribution in [0.5, 0.6) is 0 Å². The van der Waals surface area contributed by atoms with Crippen LogP contribution < -0.4 is 5.32 Å². The van der Waals surface area contributed by atoms with Crippen molar-refractivity contribution in [1.29, 1.82) is 0 Å². The molecule has 3 rings (SSSR count). The molecule has 0 spiro atoms. The van der Waals surface area contributed by atoms with E-state index in [1.807, 2.05) is 6.07 Å². The molecule has 2 saturated heterocycles. The van der Waals surface area contributed by atoms with Gasteiger partial charge in [0.25, 0.3) is 0 Å². The Balaban J connectivity index is 1.71. The number of rotatable bonds is 3. The molecular formula is C16H20N2O2S. The third-order valence-electron chi connectivity index (χ3n) is 4.27. The Morgan fingerprint density at radius 1 is 1.52 bits per heavy atom. The number of carbonyl (C=O) groups excluding carboxylic acids is 1. The molecular weight excluding hydrogens is 284 g/mol. The molecule has 2 fully saturated rings. The van der Waals surface area contributed by atoms with Crippen molar-refractivity contribution in [2.45, 2.75) is 31.8 Å². The molecule has 2 atom stereocenters. The minimum absolute atomic E-state index is 0.107. The van der Waals surface area contributed by atoms with Gasteiger partial charge in [0, 0.05) is 36.0 Å². The lowest BCUT2D eigenvalue weighted by molar-refractivity contribution is -0.124. The predicted octanol–water partition coefficient (Wildman–Crippen LogP) is 1.19. The van der Waals surface area contributed by atoms with Gasteiger partial charge in [0.05, 0.1) is 12.5 Å². The van der Waals surface area contributed by atoms with Crippen LogP contribution in [0.25, 0.3) is 0 Å². The Kier molecular flexibility index (Phi) is 4.59. The van der Waals surface area contributed by atoms with Crippen LogP contribution in [0.3, 0.4) is 0 Å². The molecule has 0 radical (unpaired) electrons. The Bertz CT molecular complexity index is 572. The molecule has 5 heteroatoms. The summed E-state index contributed by atoms with van der Waals surface area (Å²) in [6.45, 7) is 2.81. The van der Waals surface area contributed by atoms with Gasteiger partial charge >= 0.3 is 0 Å². The Morgan fingerprint density at radius 3 is 3.29 bits per heavy atom. The van der Waals surface area contributed by atoms with Gasteiger partial charge in [-0.1, -0.05) is 11.8 Å². The first-order valence-corrected chi connectivity index (χ1v) is 8.35. The smallest absolute Gasteiger partial charge is 0.224 e. The largest absolute Gasteiger partial charge is 0.395 e. The summed E-state index contributed by atoms with van der Waals surface area (Å²) in [5, 5.41) is 13.9. The first-order valence-electron chi connectivity index (χ1n) is 7.47. The summed E-state index contributed by atoms with van der Waals surface area (Å²) in [5.74, 6) is 6.52. The van der Waals surface area contributed by atoms with Crippen LogP contribution in [0.4, 0.5) is 0 Å². The maximum atomic E-state index is 11.8. The van der Waals surface area contributed by atoms with E-state index in [9.17, 15) is 4.79 Å². The topological polar surface area (TPSA) is 52.6 Å². The van der Waals surface area contributed by atoms with E-state index in [1.165, 1.54) is 4.88 Å². The molecule has 2 N–H and O–H groups in total. The van der Waals surface area contributed by atoms with Gasteiger partial charge in [-0.25, -0.2) is 0 Å². The second-order valence-electron chi connectivity index (χ2n) is 5.56. The van der Waals surface area contributed by atoms with E-state index in [0.29, 0.717) is 12.5 Å². The van der Waals surface area contributed by atoms with Crippen LogP contribution in [-0.2, 0) is 11.3 Å². The number of aliphatic hydroxyl groups excluding tert-OH is 1. The summed E-state index contributed by atoms with van der Waals surface area (Å²) in [5.41, 5.74) is 1.06. The molecule has 2 aliphatic heterocycles. The summed E-state index contributed by atoms with van der Waals surface area (Å²) in [7, 11) is 0. The minimum Gasteiger partial charge on any atom is -0.395 e. The Labute approximate surface area is 129 Å². The highest BCUT2D eigenvalue weighted by molar-refractivity contribution is 7.10. The summed E-state index contributed by atoms with van der Waals surface area (Å²) in [6.07, 6.45) is 2.62. The van der Waals surface area contributed by atoms with E-state index in [-0.39, 0.29) is 18.4 Å². The first-order chi connectivity index (χ1) is 10.3. The summed E-state index contributed by atoms with van der Waals surface area (Å²) in [4.78, 5) is 15.5. The predicted molar refractivity (Wildman–Crippen MR) is 82.8 cm³/mol. The molecule has 4 nitrogen and oxygen atoms in total. The number of nitrogens with zero attached hydrogens (tertiary/aromatic N) is 1. The van der Waals surface area contributed by atoms with Gasteiger partial charge in [0.2, 0.25) is 5.91 Å². The number of piperidine rings is 1. The lowest BCUT2D eigenvalue weighted by atomic mass is 9.91. The van der Waals surface area contributed by atoms with Crippen molar-refractivity contribution in [1.82, 2.24) is 10.2 Å². The molecule has 0 bridgehead atoms. The summed E-state index contributed by atoms with van der Waals surface area (Å²) >= 11 is 1.72. The third-order valence-corrected chi connectivity index (χ3v) is 5.17. The maximum absolute atomic E-state index is 11.8. The molecule has 0 saturated carbocycles. The van der Waals surface area contributed by atoms with E-state index in [4.69, 9.17) is 5.11 Å². The molecule has 1 aromatic heterocycles. The first kappa shape index (κ1) is 14.6. The molecule has 2 aliphatic rings. The number of aliphatic hydroxyl groups is 1. The van der Waals surface area contributed by atoms with Gasteiger partial charge in [0.15, 0.2) is 0 Å². The fraction of sp³-hybridized carbons (Fsp3) is 0.562. The van der Waals surface area contributed by atoms with Crippen LogP contribution in [0, 0.1) is 17.8 Å². The molecule has 1 aromatic rings. The molecule has 3 heterocycles. The number of thiophene rings is 1. The van der Waals surface area contributed by atoms with Crippen molar-refractivity contribution in [3.05, 3.63) is 21.9 Å². The zero-order valence-electron chi connectivity index (χ0n) is 12.0. The van der Waals surface area contributed by atoms with Crippen molar-refractivity contribution in [2.75, 3.05) is 19.7 Å². The number of nitrogens with one attached hydrogen (secondary N) is 1. The van der Waals surface area contributed by atoms with Crippen molar-refractivity contribution in [3.63, 3.8) is 0 Å². The average molecular weight is 304 g/mol. The van der Waals surface area contributed by atoms with E-state index in [2.05, 4.69) is 27.4 Å². The highest BCUT2D eigenvalue weighted by Gasteiger charge is 2.40. The highest BCUT2D eigenvalue weighted by atomic mass is 32.1. The lowest BCUT2D eigenvalue weighted by Gasteiger charge is -2.35. The number of amides is 1. The zero-order valence-corrected chi connectivity index (χ0v) is 12.8. The van der Waals surface area contributed by atoms with Crippen LogP contribution in [0.15, 0.2) is 11.4 Å². The molecule has 0 aromatic carbocycles. The SMILES string of the molecule is O=C1NCC2C1CCCN2Cc1sccc1C#CCCO. The fourth-order valence-electron chi connectivity index (χ4n) is 3.21. The normalized spacial score (nSPS) is 25.1. The van der Waals surface area contributed by atoms with Crippen LogP contribution in [0.1, 0.15) is 29.7 Å². The van der Waals surface area contributed by atoms with Gasteiger partial charge in [-0.05, 0) is 30.8 Å². The highest BCUT2D eigenvalue weighted by Crippen LogP contribution is 2.30. The minimum atomic E-state index is 0.107. The van der Waals surface area contributed by atoms with Crippen molar-refractivity contribution in [2.24, 2.45) is 5.92 Å². The lowest BCUT2D eigenvalue weighted by Crippen LogP contribution is -2.44. The molecule has 1 amide bonds. The van der Waals surface area contributed by atoms with Crippen LogP contribution in [-0.4, -0.2) is 41.7 Å². The van der Waals surface area contributed by atoms with Gasteiger partial charge in [-0.15, -0.1) is 11.3 Å². The molecule has 2 unspecified atom stereocenters. The molecule has 112 valence electrons. The fourth-order valence-corrected chi connectivity index (χ4v) is 4.06. The third kappa shape index (κ3) is 3.13. The maximum Gasteiger partial charge on any atom is 0.224 e. The summed E-state index contributed by atoms with van der Waals surface area (Å²) in [6, 6.07) is 2.38. The van der Waals surface area contributed by atoms with E-state index in [0.717, 1.165) is 38.0 Å². The van der Waals surface area contributed by atoms with Gasteiger partial charge in [-0.3, -0.25) is 9.69 Å². The zero-order chi connectivity index (χ0) is 14.7. The van der Waals surface area contributed by atoms with Crippen LogP contribution in [0.2, 0.25) is 0 Å². The number of hydrogen-bond donors (Lipinski definition) is 2. The molecule has 0 aliphatic carbocycles. The van der Waals surface area contributed by atoms with Crippen molar-refractivity contribution in [3.8, 4) is 11.8 Å². The number of fused-ring (bicyclic) bond motifs is 1. The molecule has 21 heavy (non-hydrogen) atoms. The van der Waals surface area contributed by atoms with E-state index < -0.39 is 0 Å². The number of carbonyl (C=O) groups is 1. The standard InChI is InChI=1S/C16H20N2O2S/c19-8-2-1-4-12-6-9-21-15(12)11-18-7-3-5-13-14(18)10-17-16(13)20/h6,9,13-14,19H,2-3,5,7-8,10-11H2,(H,17,20). The van der Waals surface area contributed by atoms with Crippen LogP contribution >= 0.6 is 11.3 Å². The Hall–Kier alpha value is -1.35. The average Bonchev–Trinajstić information content (AvgIpc) is 3.08. The quantitative estimate of drug-likeness (QED) is 0.825. The van der Waals surface area contributed by atoms with E-state index in [1.54, 1.807) is 11.3 Å². The van der Waals surface area contributed by atoms with E-state index >= 15 is 0 Å².